The standard InChI is InChI=1S/C16H28/c1-3-5-7-9-11-13-15-16-14-12-10-8-6-4-2/h3-4,6,13,15H,1,5,7-12,14,16H2,2H3. The van der Waals surface area contributed by atoms with E-state index in [-0.39, 0.29) is 0 Å². The zero-order valence-corrected chi connectivity index (χ0v) is 11.0. The number of allylic oxidation sites excluding steroid dienone is 5. The Balaban J connectivity index is 3.06. The van der Waals surface area contributed by atoms with Crippen LogP contribution in [0.5, 0.6) is 0 Å². The Bertz CT molecular complexity index is 186. The normalized spacial score (nSPS) is 11.6. The SMILES string of the molecule is C=CCCCCC=CCCCCCC=CC. The van der Waals surface area contributed by atoms with Gasteiger partial charge in [-0.25, -0.2) is 0 Å². The zero-order chi connectivity index (χ0) is 11.9. The molecule has 0 aliphatic rings. The molecule has 0 nitrogen and oxygen atoms in total. The molecule has 0 aromatic carbocycles. The molecule has 92 valence electrons. The van der Waals surface area contributed by atoms with Gasteiger partial charge in [0, 0.05) is 0 Å². The minimum Gasteiger partial charge on any atom is -0.103 e. The van der Waals surface area contributed by atoms with Gasteiger partial charge in [-0.2, -0.15) is 0 Å². The highest BCUT2D eigenvalue weighted by molar-refractivity contribution is 4.82. The van der Waals surface area contributed by atoms with Crippen LogP contribution in [0.1, 0.15) is 64.7 Å². The Kier molecular flexibility index (Phi) is 13.5. The lowest BCUT2D eigenvalue weighted by molar-refractivity contribution is 0.693. The van der Waals surface area contributed by atoms with Crippen molar-refractivity contribution < 1.29 is 0 Å². The van der Waals surface area contributed by atoms with Gasteiger partial charge in [0.15, 0.2) is 0 Å². The van der Waals surface area contributed by atoms with Crippen molar-refractivity contribution in [2.24, 2.45) is 0 Å². The van der Waals surface area contributed by atoms with Crippen LogP contribution >= 0.6 is 0 Å². The van der Waals surface area contributed by atoms with Crippen LogP contribution in [-0.4, -0.2) is 0 Å². The molecule has 0 rings (SSSR count). The predicted molar refractivity (Wildman–Crippen MR) is 75.7 cm³/mol. The first-order valence-electron chi connectivity index (χ1n) is 6.79. The van der Waals surface area contributed by atoms with Crippen molar-refractivity contribution >= 4 is 0 Å². The van der Waals surface area contributed by atoms with Crippen molar-refractivity contribution in [2.75, 3.05) is 0 Å². The van der Waals surface area contributed by atoms with E-state index in [1.165, 1.54) is 57.8 Å². The fraction of sp³-hybridized carbons (Fsp3) is 0.625. The molecule has 0 saturated carbocycles. The second-order valence-electron chi connectivity index (χ2n) is 4.25. The summed E-state index contributed by atoms with van der Waals surface area (Å²) in [5.74, 6) is 0. The number of hydrogen-bond donors (Lipinski definition) is 0. The highest BCUT2D eigenvalue weighted by Crippen LogP contribution is 2.06. The average Bonchev–Trinajstić information content (AvgIpc) is 2.31. The van der Waals surface area contributed by atoms with Crippen molar-refractivity contribution in [2.45, 2.75) is 64.7 Å². The molecule has 0 aromatic rings. The van der Waals surface area contributed by atoms with Crippen LogP contribution in [-0.2, 0) is 0 Å². The lowest BCUT2D eigenvalue weighted by atomic mass is 10.1. The number of hydrogen-bond acceptors (Lipinski definition) is 0. The maximum Gasteiger partial charge on any atom is -0.0351 e. The van der Waals surface area contributed by atoms with Gasteiger partial charge in [-0.15, -0.1) is 6.58 Å². The quantitative estimate of drug-likeness (QED) is 0.304. The Labute approximate surface area is 102 Å². The van der Waals surface area contributed by atoms with Crippen molar-refractivity contribution in [3.63, 3.8) is 0 Å². The molecule has 0 amide bonds. The zero-order valence-electron chi connectivity index (χ0n) is 11.0. The van der Waals surface area contributed by atoms with E-state index in [4.69, 9.17) is 0 Å². The van der Waals surface area contributed by atoms with E-state index in [0.29, 0.717) is 0 Å². The first-order valence-corrected chi connectivity index (χ1v) is 6.79. The molecule has 0 aliphatic heterocycles. The first-order chi connectivity index (χ1) is 7.91. The van der Waals surface area contributed by atoms with E-state index in [0.717, 1.165) is 0 Å². The van der Waals surface area contributed by atoms with Crippen LogP contribution in [0.3, 0.4) is 0 Å². The molecule has 0 heteroatoms. The van der Waals surface area contributed by atoms with Gasteiger partial charge in [-0.1, -0.05) is 36.8 Å². The van der Waals surface area contributed by atoms with Crippen molar-refractivity contribution in [3.05, 3.63) is 37.0 Å². The van der Waals surface area contributed by atoms with Gasteiger partial charge in [0.1, 0.15) is 0 Å². The van der Waals surface area contributed by atoms with E-state index in [1.807, 2.05) is 6.08 Å². The number of unbranched alkanes of at least 4 members (excludes halogenated alkanes) is 7. The molecule has 0 bridgehead atoms. The Hall–Kier alpha value is -0.780. The average molecular weight is 220 g/mol. The molecule has 0 saturated heterocycles. The second-order valence-corrected chi connectivity index (χ2v) is 4.25. The third kappa shape index (κ3) is 13.2. The van der Waals surface area contributed by atoms with Gasteiger partial charge in [0.25, 0.3) is 0 Å². The summed E-state index contributed by atoms with van der Waals surface area (Å²) < 4.78 is 0. The summed E-state index contributed by atoms with van der Waals surface area (Å²) >= 11 is 0. The summed E-state index contributed by atoms with van der Waals surface area (Å²) in [7, 11) is 0. The first kappa shape index (κ1) is 15.2. The third-order valence-corrected chi connectivity index (χ3v) is 2.67. The van der Waals surface area contributed by atoms with Crippen molar-refractivity contribution in [1.29, 1.82) is 0 Å². The Morgan fingerprint density at radius 2 is 1.19 bits per heavy atom. The molecule has 0 aromatic heterocycles. The largest absolute Gasteiger partial charge is 0.103 e. The summed E-state index contributed by atoms with van der Waals surface area (Å²) in [6.45, 7) is 5.82. The van der Waals surface area contributed by atoms with Crippen LogP contribution in [0.25, 0.3) is 0 Å². The van der Waals surface area contributed by atoms with Crippen molar-refractivity contribution in [3.8, 4) is 0 Å². The highest BCUT2D eigenvalue weighted by atomic mass is 13.9. The highest BCUT2D eigenvalue weighted by Gasteiger charge is 1.86. The minimum atomic E-state index is 1.17. The lowest BCUT2D eigenvalue weighted by Crippen LogP contribution is -1.75. The molecule has 0 radical (unpaired) electrons. The fourth-order valence-electron chi connectivity index (χ4n) is 1.65. The molecule has 0 unspecified atom stereocenters. The van der Waals surface area contributed by atoms with E-state index in [2.05, 4.69) is 37.8 Å². The second kappa shape index (κ2) is 14.2. The third-order valence-electron chi connectivity index (χ3n) is 2.67. The fourth-order valence-corrected chi connectivity index (χ4v) is 1.65. The summed E-state index contributed by atoms with van der Waals surface area (Å²) in [6.07, 6.45) is 22.7. The maximum atomic E-state index is 3.73. The topological polar surface area (TPSA) is 0 Å². The van der Waals surface area contributed by atoms with Gasteiger partial charge in [-0.3, -0.25) is 0 Å². The van der Waals surface area contributed by atoms with Crippen LogP contribution in [0.15, 0.2) is 37.0 Å². The Morgan fingerprint density at radius 3 is 1.75 bits per heavy atom. The molecular weight excluding hydrogens is 192 g/mol. The van der Waals surface area contributed by atoms with Crippen LogP contribution in [0, 0.1) is 0 Å². The molecule has 0 fully saturated rings. The van der Waals surface area contributed by atoms with Gasteiger partial charge in [0.05, 0.1) is 0 Å². The summed E-state index contributed by atoms with van der Waals surface area (Å²) in [4.78, 5) is 0. The summed E-state index contributed by atoms with van der Waals surface area (Å²) in [6, 6.07) is 0. The van der Waals surface area contributed by atoms with E-state index in [1.54, 1.807) is 0 Å². The van der Waals surface area contributed by atoms with E-state index < -0.39 is 0 Å². The summed E-state index contributed by atoms with van der Waals surface area (Å²) in [5, 5.41) is 0. The van der Waals surface area contributed by atoms with Crippen molar-refractivity contribution in [1.82, 2.24) is 0 Å². The van der Waals surface area contributed by atoms with E-state index in [9.17, 15) is 0 Å². The molecule has 0 heterocycles. The van der Waals surface area contributed by atoms with Gasteiger partial charge >= 0.3 is 0 Å². The molecule has 0 atom stereocenters. The van der Waals surface area contributed by atoms with Crippen LogP contribution in [0.2, 0.25) is 0 Å². The molecule has 0 N–H and O–H groups in total. The molecule has 0 aliphatic carbocycles. The minimum absolute atomic E-state index is 1.17. The van der Waals surface area contributed by atoms with Gasteiger partial charge in [-0.05, 0) is 58.3 Å². The molecule has 16 heavy (non-hydrogen) atoms. The molecule has 0 spiro atoms. The van der Waals surface area contributed by atoms with Crippen LogP contribution in [0.4, 0.5) is 0 Å². The van der Waals surface area contributed by atoms with E-state index >= 15 is 0 Å². The van der Waals surface area contributed by atoms with Gasteiger partial charge < -0.3 is 0 Å². The Morgan fingerprint density at radius 1 is 0.688 bits per heavy atom. The number of rotatable bonds is 11. The molecular formula is C16H28. The predicted octanol–water partition coefficient (Wildman–Crippen LogP) is 5.82. The lowest BCUT2D eigenvalue weighted by Gasteiger charge is -1.95. The monoisotopic (exact) mass is 220 g/mol. The smallest absolute Gasteiger partial charge is 0.0351 e. The summed E-state index contributed by atoms with van der Waals surface area (Å²) in [5.41, 5.74) is 0. The van der Waals surface area contributed by atoms with Gasteiger partial charge in [0.2, 0.25) is 0 Å². The van der Waals surface area contributed by atoms with Crippen LogP contribution < -0.4 is 0 Å². The maximum absolute atomic E-state index is 3.73.